The van der Waals surface area contributed by atoms with E-state index in [0.29, 0.717) is 11.4 Å². The van der Waals surface area contributed by atoms with Gasteiger partial charge in [0.1, 0.15) is 11.2 Å². The predicted octanol–water partition coefficient (Wildman–Crippen LogP) is 2.48. The minimum absolute atomic E-state index is 0.241. The van der Waals surface area contributed by atoms with Crippen molar-refractivity contribution in [2.24, 2.45) is 16.2 Å². The van der Waals surface area contributed by atoms with Gasteiger partial charge in [-0.05, 0) is 36.5 Å². The molecule has 2 amide bonds. The average Bonchev–Trinajstić information content (AvgIpc) is 2.90. The van der Waals surface area contributed by atoms with Gasteiger partial charge in [-0.3, -0.25) is 30.0 Å². The number of Topliss-reactive ketones (excluding diaryl/α,β-unsaturated/α-hetero) is 2. The minimum Gasteiger partial charge on any atom is -0.482 e. The van der Waals surface area contributed by atoms with E-state index in [9.17, 15) is 19.2 Å². The molecule has 3 rings (SSSR count). The third-order valence-corrected chi connectivity index (χ3v) is 7.03. The highest BCUT2D eigenvalue weighted by Gasteiger charge is 2.77. The Bertz CT molecular complexity index is 900. The normalized spacial score (nSPS) is 27.6. The number of rotatable bonds is 4. The molecule has 1 aromatic carbocycles. The molecule has 2 bridgehead atoms. The first-order valence-electron chi connectivity index (χ1n) is 8.74. The number of carbonyl (C=O) groups is 4. The lowest BCUT2D eigenvalue weighted by Gasteiger charge is -2.36. The van der Waals surface area contributed by atoms with E-state index in [1.165, 1.54) is 12.1 Å². The van der Waals surface area contributed by atoms with Gasteiger partial charge in [-0.25, -0.2) is 0 Å². The van der Waals surface area contributed by atoms with Crippen LogP contribution in [-0.2, 0) is 19.2 Å². The zero-order valence-electron chi connectivity index (χ0n) is 15.7. The van der Waals surface area contributed by atoms with Crippen molar-refractivity contribution in [2.45, 2.75) is 33.6 Å². The van der Waals surface area contributed by atoms with Crippen molar-refractivity contribution < 1.29 is 23.9 Å². The van der Waals surface area contributed by atoms with Gasteiger partial charge in [0.2, 0.25) is 11.6 Å². The molecule has 0 aliphatic heterocycles. The topological polar surface area (TPSA) is 102 Å². The van der Waals surface area contributed by atoms with Crippen LogP contribution in [-0.4, -0.2) is 30.0 Å². The fourth-order valence-corrected chi connectivity index (χ4v) is 4.74. The maximum Gasteiger partial charge on any atom is 0.276 e. The molecule has 150 valence electrons. The number of hydrazine groups is 1. The van der Waals surface area contributed by atoms with Crippen LogP contribution in [0.25, 0.3) is 0 Å². The van der Waals surface area contributed by atoms with E-state index in [-0.39, 0.29) is 17.2 Å². The Kier molecular flexibility index (Phi) is 4.96. The lowest BCUT2D eigenvalue weighted by atomic mass is 9.64. The van der Waals surface area contributed by atoms with E-state index >= 15 is 0 Å². The maximum absolute atomic E-state index is 12.8. The van der Waals surface area contributed by atoms with Crippen molar-refractivity contribution in [2.75, 3.05) is 6.61 Å². The molecule has 2 fully saturated rings. The van der Waals surface area contributed by atoms with Gasteiger partial charge in [-0.15, -0.1) is 0 Å². The van der Waals surface area contributed by atoms with Gasteiger partial charge in [0, 0.05) is 10.4 Å². The maximum atomic E-state index is 12.8. The minimum atomic E-state index is -1.48. The molecule has 0 radical (unpaired) electrons. The highest BCUT2D eigenvalue weighted by Crippen LogP contribution is 2.68. The first kappa shape index (κ1) is 20.6. The van der Waals surface area contributed by atoms with Gasteiger partial charge >= 0.3 is 0 Å². The summed E-state index contributed by atoms with van der Waals surface area (Å²) in [6.45, 7) is 4.80. The summed E-state index contributed by atoms with van der Waals surface area (Å²) >= 11 is 11.8. The highest BCUT2D eigenvalue weighted by atomic mass is 35.5. The standard InChI is InChI=1S/C19H20Cl2N2O5/c1-17(2)18(3)6-7-19(17,15(26)14(18)25)16(27)23-22-13(24)9-28-12-5-4-10(20)8-11(12)21/h4-5,8H,6-7,9H2,1-3H3,(H,22,24)(H,23,27). The third kappa shape index (κ3) is 2.71. The number of fused-ring (bicyclic) bond motifs is 2. The fourth-order valence-electron chi connectivity index (χ4n) is 4.28. The molecule has 2 aliphatic rings. The molecule has 0 spiro atoms. The molecule has 28 heavy (non-hydrogen) atoms. The van der Waals surface area contributed by atoms with Crippen LogP contribution in [0.2, 0.25) is 10.0 Å². The molecular formula is C19H20Cl2N2O5. The molecule has 7 nitrogen and oxygen atoms in total. The lowest BCUT2D eigenvalue weighted by Crippen LogP contribution is -2.56. The summed E-state index contributed by atoms with van der Waals surface area (Å²) in [5.74, 6) is -2.29. The lowest BCUT2D eigenvalue weighted by molar-refractivity contribution is -0.150. The van der Waals surface area contributed by atoms with E-state index in [1.807, 2.05) is 0 Å². The van der Waals surface area contributed by atoms with E-state index in [0.717, 1.165) is 0 Å². The summed E-state index contributed by atoms with van der Waals surface area (Å²) in [4.78, 5) is 49.9. The van der Waals surface area contributed by atoms with Crippen LogP contribution < -0.4 is 15.6 Å². The summed E-state index contributed by atoms with van der Waals surface area (Å²) in [6, 6.07) is 4.54. The van der Waals surface area contributed by atoms with Crippen LogP contribution in [0, 0.1) is 16.2 Å². The Balaban J connectivity index is 1.63. The Morgan fingerprint density at radius 2 is 1.75 bits per heavy atom. The van der Waals surface area contributed by atoms with Crippen LogP contribution in [0.15, 0.2) is 18.2 Å². The van der Waals surface area contributed by atoms with Gasteiger partial charge in [-0.1, -0.05) is 44.0 Å². The van der Waals surface area contributed by atoms with Crippen LogP contribution >= 0.6 is 23.2 Å². The average molecular weight is 427 g/mol. The SMILES string of the molecule is CC12CCC(C(=O)NNC(=O)COc3ccc(Cl)cc3Cl)(C(=O)C1=O)C2(C)C. The molecule has 2 unspecified atom stereocenters. The summed E-state index contributed by atoms with van der Waals surface area (Å²) < 4.78 is 5.29. The van der Waals surface area contributed by atoms with Gasteiger partial charge in [0.15, 0.2) is 6.61 Å². The summed E-state index contributed by atoms with van der Waals surface area (Å²) in [7, 11) is 0. The number of nitrogens with one attached hydrogen (secondary N) is 2. The molecule has 0 aromatic heterocycles. The third-order valence-electron chi connectivity index (χ3n) is 6.50. The van der Waals surface area contributed by atoms with E-state index in [1.54, 1.807) is 26.8 Å². The second-order valence-electron chi connectivity index (χ2n) is 7.89. The molecule has 2 N–H and O–H groups in total. The smallest absolute Gasteiger partial charge is 0.276 e. The van der Waals surface area contributed by atoms with E-state index in [2.05, 4.69) is 10.9 Å². The number of ether oxygens (including phenoxy) is 1. The van der Waals surface area contributed by atoms with Crippen molar-refractivity contribution in [1.29, 1.82) is 0 Å². The summed E-state index contributed by atoms with van der Waals surface area (Å²) in [5, 5.41) is 0.667. The van der Waals surface area contributed by atoms with Crippen LogP contribution in [0.1, 0.15) is 33.6 Å². The molecular weight excluding hydrogens is 407 g/mol. The van der Waals surface area contributed by atoms with Gasteiger partial charge in [-0.2, -0.15) is 0 Å². The number of benzene rings is 1. The Morgan fingerprint density at radius 1 is 1.07 bits per heavy atom. The second kappa shape index (κ2) is 6.74. The van der Waals surface area contributed by atoms with Gasteiger partial charge in [0.25, 0.3) is 11.8 Å². The Morgan fingerprint density at radius 3 is 2.32 bits per heavy atom. The number of hydrogen-bond acceptors (Lipinski definition) is 5. The Hall–Kier alpha value is -2.12. The molecule has 2 atom stereocenters. The monoisotopic (exact) mass is 426 g/mol. The number of ketones is 2. The fraction of sp³-hybridized carbons (Fsp3) is 0.474. The van der Waals surface area contributed by atoms with Crippen molar-refractivity contribution in [3.05, 3.63) is 28.2 Å². The van der Waals surface area contributed by atoms with Crippen LogP contribution in [0.3, 0.4) is 0 Å². The first-order valence-corrected chi connectivity index (χ1v) is 9.49. The molecule has 9 heteroatoms. The quantitative estimate of drug-likeness (QED) is 0.437. The second-order valence-corrected chi connectivity index (χ2v) is 8.73. The number of carbonyl (C=O) groups excluding carboxylic acids is 4. The van der Waals surface area contributed by atoms with Gasteiger partial charge in [0.05, 0.1) is 5.02 Å². The number of hydrogen-bond donors (Lipinski definition) is 2. The zero-order valence-corrected chi connectivity index (χ0v) is 17.2. The molecule has 1 aromatic rings. The summed E-state index contributed by atoms with van der Waals surface area (Å²) in [6.07, 6.45) is 0.712. The number of amides is 2. The molecule has 0 heterocycles. The van der Waals surface area contributed by atoms with Crippen molar-refractivity contribution in [3.63, 3.8) is 0 Å². The highest BCUT2D eigenvalue weighted by molar-refractivity contribution is 6.48. The van der Waals surface area contributed by atoms with Crippen molar-refractivity contribution in [1.82, 2.24) is 10.9 Å². The Labute approximate surface area is 172 Å². The van der Waals surface area contributed by atoms with Crippen LogP contribution in [0.5, 0.6) is 5.75 Å². The van der Waals surface area contributed by atoms with Crippen LogP contribution in [0.4, 0.5) is 0 Å². The molecule has 0 saturated heterocycles. The van der Waals surface area contributed by atoms with Crippen molar-refractivity contribution >= 4 is 46.6 Å². The number of halogens is 2. The largest absolute Gasteiger partial charge is 0.482 e. The van der Waals surface area contributed by atoms with E-state index < -0.39 is 46.2 Å². The van der Waals surface area contributed by atoms with E-state index in [4.69, 9.17) is 27.9 Å². The molecule has 2 saturated carbocycles. The van der Waals surface area contributed by atoms with Gasteiger partial charge < -0.3 is 4.74 Å². The predicted molar refractivity (Wildman–Crippen MR) is 102 cm³/mol. The first-order chi connectivity index (χ1) is 13.0. The summed E-state index contributed by atoms with van der Waals surface area (Å²) in [5.41, 5.74) is 1.30. The van der Waals surface area contributed by atoms with Crippen molar-refractivity contribution in [3.8, 4) is 5.75 Å². The zero-order chi connectivity index (χ0) is 20.9. The molecule has 2 aliphatic carbocycles.